The van der Waals surface area contributed by atoms with E-state index < -0.39 is 17.4 Å². The minimum atomic E-state index is -1.96. The van der Waals surface area contributed by atoms with Crippen molar-refractivity contribution in [1.82, 2.24) is 4.90 Å². The minimum absolute atomic E-state index is 0.0275. The third kappa shape index (κ3) is 7.01. The third-order valence-electron chi connectivity index (χ3n) is 8.20. The smallest absolute Gasteiger partial charge is 0.264 e. The standard InChI is InChI=1S/C37H38N4O5/c1-26(9-8-14-34(43)40(21-22-42)24-27-10-4-2-5-11-27)37(46)32-23-31(39-35(44)29-15-17-30(38)18-16-29)19-20-33(32)41(36(37)45)25-28-12-6-3-7-13-28/h2-13,15-20,23,26,42,46H,14,21-22,24-25,38H2,1H3,(H,39,44)/b9-8+/t26-,37+/m1/s1. The minimum Gasteiger partial charge on any atom is -0.399 e. The first-order valence-electron chi connectivity index (χ1n) is 15.2. The number of amides is 3. The van der Waals surface area contributed by atoms with Gasteiger partial charge in [0.25, 0.3) is 11.8 Å². The summed E-state index contributed by atoms with van der Waals surface area (Å²) in [7, 11) is 0. The molecule has 236 valence electrons. The van der Waals surface area contributed by atoms with Crippen molar-refractivity contribution in [3.8, 4) is 0 Å². The molecule has 0 unspecified atom stereocenters. The van der Waals surface area contributed by atoms with Gasteiger partial charge in [0.15, 0.2) is 5.60 Å². The van der Waals surface area contributed by atoms with Crippen molar-refractivity contribution in [3.05, 3.63) is 138 Å². The molecule has 0 bridgehead atoms. The molecule has 0 fully saturated rings. The highest BCUT2D eigenvalue weighted by Crippen LogP contribution is 2.47. The van der Waals surface area contributed by atoms with Gasteiger partial charge >= 0.3 is 0 Å². The molecule has 0 radical (unpaired) electrons. The van der Waals surface area contributed by atoms with Crippen LogP contribution in [-0.2, 0) is 28.3 Å². The second kappa shape index (κ2) is 14.2. The van der Waals surface area contributed by atoms with Crippen molar-refractivity contribution in [2.75, 3.05) is 29.1 Å². The number of carbonyl (C=O) groups excluding carboxylic acids is 3. The maximum atomic E-state index is 14.1. The fourth-order valence-corrected chi connectivity index (χ4v) is 5.64. The Hall–Kier alpha value is -5.25. The number of nitrogens with zero attached hydrogens (tertiary/aromatic N) is 2. The molecule has 3 amide bonds. The van der Waals surface area contributed by atoms with Crippen LogP contribution >= 0.6 is 0 Å². The van der Waals surface area contributed by atoms with E-state index in [0.29, 0.717) is 34.7 Å². The first-order chi connectivity index (χ1) is 22.2. The van der Waals surface area contributed by atoms with Crippen LogP contribution in [0.1, 0.15) is 40.4 Å². The van der Waals surface area contributed by atoms with E-state index in [-0.39, 0.29) is 37.9 Å². The molecule has 2 atom stereocenters. The van der Waals surface area contributed by atoms with E-state index in [4.69, 9.17) is 5.73 Å². The predicted octanol–water partition coefficient (Wildman–Crippen LogP) is 4.86. The highest BCUT2D eigenvalue weighted by Gasteiger charge is 2.52. The number of aliphatic hydroxyl groups excluding tert-OH is 1. The van der Waals surface area contributed by atoms with Crippen molar-refractivity contribution in [2.24, 2.45) is 5.92 Å². The summed E-state index contributed by atoms with van der Waals surface area (Å²) in [6, 6.07) is 30.6. The summed E-state index contributed by atoms with van der Waals surface area (Å²) in [4.78, 5) is 43.2. The summed E-state index contributed by atoms with van der Waals surface area (Å²) in [5.41, 5.74) is 7.90. The fraction of sp³-hybridized carbons (Fsp3) is 0.216. The molecule has 1 aliphatic rings. The first-order valence-corrected chi connectivity index (χ1v) is 15.2. The number of aliphatic hydroxyl groups is 2. The fourth-order valence-electron chi connectivity index (χ4n) is 5.64. The van der Waals surface area contributed by atoms with Crippen LogP contribution in [-0.4, -0.2) is 46.0 Å². The predicted molar refractivity (Wildman–Crippen MR) is 179 cm³/mol. The lowest BCUT2D eigenvalue weighted by molar-refractivity contribution is -0.139. The lowest BCUT2D eigenvalue weighted by Gasteiger charge is -2.28. The molecule has 0 saturated heterocycles. The first kappa shape index (κ1) is 32.2. The van der Waals surface area contributed by atoms with E-state index in [9.17, 15) is 24.6 Å². The number of hydrogen-bond acceptors (Lipinski definition) is 6. The van der Waals surface area contributed by atoms with Gasteiger partial charge in [0.1, 0.15) is 0 Å². The van der Waals surface area contributed by atoms with E-state index in [0.717, 1.165) is 11.1 Å². The number of fused-ring (bicyclic) bond motifs is 1. The lowest BCUT2D eigenvalue weighted by atomic mass is 9.82. The molecule has 0 aliphatic carbocycles. The molecule has 4 aromatic rings. The monoisotopic (exact) mass is 618 g/mol. The van der Waals surface area contributed by atoms with Crippen LogP contribution < -0.4 is 16.0 Å². The van der Waals surface area contributed by atoms with Crippen molar-refractivity contribution in [3.63, 3.8) is 0 Å². The zero-order valence-corrected chi connectivity index (χ0v) is 25.7. The van der Waals surface area contributed by atoms with E-state index in [1.54, 1.807) is 71.3 Å². The van der Waals surface area contributed by atoms with Gasteiger partial charge in [-0.25, -0.2) is 0 Å². The Morgan fingerprint density at radius 1 is 0.957 bits per heavy atom. The lowest BCUT2D eigenvalue weighted by Crippen LogP contribution is -2.44. The number of nitrogen functional groups attached to an aromatic ring is 1. The average Bonchev–Trinajstić information content (AvgIpc) is 3.27. The Balaban J connectivity index is 1.39. The van der Waals surface area contributed by atoms with Gasteiger partial charge in [-0.15, -0.1) is 0 Å². The maximum absolute atomic E-state index is 14.1. The summed E-state index contributed by atoms with van der Waals surface area (Å²) in [5.74, 6) is -1.77. The SMILES string of the molecule is C[C@H](/C=C/CC(=O)N(CCO)Cc1ccccc1)[C@@]1(O)C(=O)N(Cc2ccccc2)c2ccc(NC(=O)c3ccc(N)cc3)cc21. The van der Waals surface area contributed by atoms with Gasteiger partial charge in [-0.1, -0.05) is 79.7 Å². The number of nitrogens with two attached hydrogens (primary N) is 1. The molecule has 4 aromatic carbocycles. The highest BCUT2D eigenvalue weighted by atomic mass is 16.3. The molecule has 1 heterocycles. The molecular formula is C37H38N4O5. The molecular weight excluding hydrogens is 580 g/mol. The van der Waals surface area contributed by atoms with Crippen molar-refractivity contribution in [1.29, 1.82) is 0 Å². The average molecular weight is 619 g/mol. The van der Waals surface area contributed by atoms with E-state index in [1.807, 2.05) is 60.7 Å². The van der Waals surface area contributed by atoms with Gasteiger partial charge in [0.2, 0.25) is 5.91 Å². The van der Waals surface area contributed by atoms with Gasteiger partial charge in [-0.05, 0) is 53.6 Å². The summed E-state index contributed by atoms with van der Waals surface area (Å²) in [6.07, 6.45) is 3.35. The van der Waals surface area contributed by atoms with Gasteiger partial charge in [-0.2, -0.15) is 0 Å². The van der Waals surface area contributed by atoms with Gasteiger partial charge in [0, 0.05) is 47.9 Å². The zero-order chi connectivity index (χ0) is 32.7. The van der Waals surface area contributed by atoms with Crippen LogP contribution in [0.3, 0.4) is 0 Å². The summed E-state index contributed by atoms with van der Waals surface area (Å²) in [6.45, 7) is 2.35. The molecule has 0 saturated carbocycles. The largest absolute Gasteiger partial charge is 0.399 e. The molecule has 5 N–H and O–H groups in total. The van der Waals surface area contributed by atoms with Crippen molar-refractivity contribution >= 4 is 34.8 Å². The van der Waals surface area contributed by atoms with Crippen molar-refractivity contribution in [2.45, 2.75) is 32.0 Å². The molecule has 0 spiro atoms. The van der Waals surface area contributed by atoms with Crippen LogP contribution in [0.4, 0.5) is 17.1 Å². The molecule has 46 heavy (non-hydrogen) atoms. The molecule has 0 aromatic heterocycles. The molecule has 1 aliphatic heterocycles. The number of anilines is 3. The Bertz CT molecular complexity index is 1710. The van der Waals surface area contributed by atoms with Gasteiger partial charge < -0.3 is 31.1 Å². The van der Waals surface area contributed by atoms with Crippen LogP contribution in [0.5, 0.6) is 0 Å². The number of hydrogen-bond donors (Lipinski definition) is 4. The van der Waals surface area contributed by atoms with Gasteiger partial charge in [0.05, 0.1) is 18.8 Å². The van der Waals surface area contributed by atoms with Crippen LogP contribution in [0.25, 0.3) is 0 Å². The summed E-state index contributed by atoms with van der Waals surface area (Å²) >= 11 is 0. The van der Waals surface area contributed by atoms with Crippen LogP contribution in [0.2, 0.25) is 0 Å². The maximum Gasteiger partial charge on any atom is 0.264 e. The number of benzene rings is 4. The quantitative estimate of drug-likeness (QED) is 0.132. The number of rotatable bonds is 12. The van der Waals surface area contributed by atoms with Gasteiger partial charge in [-0.3, -0.25) is 14.4 Å². The summed E-state index contributed by atoms with van der Waals surface area (Å²) in [5, 5.41) is 24.6. The molecule has 5 rings (SSSR count). The van der Waals surface area contributed by atoms with Crippen molar-refractivity contribution < 1.29 is 24.6 Å². The Kier molecular flexibility index (Phi) is 9.95. The van der Waals surface area contributed by atoms with E-state index in [2.05, 4.69) is 5.32 Å². The topological polar surface area (TPSA) is 136 Å². The Morgan fingerprint density at radius 3 is 2.26 bits per heavy atom. The van der Waals surface area contributed by atoms with E-state index in [1.165, 1.54) is 0 Å². The second-order valence-corrected chi connectivity index (χ2v) is 11.4. The Labute approximate surface area is 268 Å². The number of carbonyl (C=O) groups is 3. The second-order valence-electron chi connectivity index (χ2n) is 11.4. The molecule has 9 nitrogen and oxygen atoms in total. The normalized spacial score (nSPS) is 16.3. The zero-order valence-electron chi connectivity index (χ0n) is 25.7. The number of nitrogens with one attached hydrogen (secondary N) is 1. The highest BCUT2D eigenvalue weighted by molar-refractivity contribution is 6.09. The van der Waals surface area contributed by atoms with E-state index >= 15 is 0 Å². The Morgan fingerprint density at radius 2 is 1.61 bits per heavy atom. The molecule has 9 heteroatoms. The third-order valence-corrected chi connectivity index (χ3v) is 8.20. The van der Waals surface area contributed by atoms with Crippen LogP contribution in [0, 0.1) is 5.92 Å². The summed E-state index contributed by atoms with van der Waals surface area (Å²) < 4.78 is 0. The van der Waals surface area contributed by atoms with Crippen LogP contribution in [0.15, 0.2) is 115 Å².